The maximum Gasteiger partial charge on any atom is 0.206 e. The van der Waals surface area contributed by atoms with Crippen molar-refractivity contribution in [2.45, 2.75) is 49.0 Å². The van der Waals surface area contributed by atoms with E-state index in [1.165, 1.54) is 38.5 Å². The third-order valence-corrected chi connectivity index (χ3v) is 7.93. The molecule has 4 aliphatic carbocycles. The number of hydrogen-bond acceptors (Lipinski definition) is 6. The summed E-state index contributed by atoms with van der Waals surface area (Å²) in [6.07, 6.45) is 7.90. The van der Waals surface area contributed by atoms with Crippen molar-refractivity contribution >= 4 is 28.2 Å². The van der Waals surface area contributed by atoms with Crippen molar-refractivity contribution in [1.29, 1.82) is 0 Å². The van der Waals surface area contributed by atoms with Gasteiger partial charge < -0.3 is 10.4 Å². The van der Waals surface area contributed by atoms with Gasteiger partial charge in [-0.3, -0.25) is 0 Å². The van der Waals surface area contributed by atoms with E-state index in [2.05, 4.69) is 15.5 Å². The minimum absolute atomic E-state index is 0.183. The molecule has 6 heteroatoms. The molecule has 116 valence electrons. The molecule has 0 amide bonds. The van der Waals surface area contributed by atoms with Crippen LogP contribution in [0, 0.1) is 23.2 Å². The lowest BCUT2D eigenvalue weighted by atomic mass is 9.48. The van der Waals surface area contributed by atoms with E-state index in [9.17, 15) is 5.11 Å². The Labute approximate surface area is 134 Å². The lowest BCUT2D eigenvalue weighted by Gasteiger charge is -2.58. The van der Waals surface area contributed by atoms with E-state index in [0.29, 0.717) is 0 Å². The van der Waals surface area contributed by atoms with Gasteiger partial charge in [-0.15, -0.1) is 10.2 Å². The van der Waals surface area contributed by atoms with Gasteiger partial charge in [0, 0.05) is 12.8 Å². The maximum absolute atomic E-state index is 10.9. The Morgan fingerprint density at radius 1 is 1.24 bits per heavy atom. The molecule has 0 aliphatic heterocycles. The average molecular weight is 326 g/mol. The molecule has 0 unspecified atom stereocenters. The highest BCUT2D eigenvalue weighted by Gasteiger charge is 2.53. The van der Waals surface area contributed by atoms with Crippen LogP contribution in [0.1, 0.15) is 38.5 Å². The number of anilines is 1. The van der Waals surface area contributed by atoms with Crippen LogP contribution in [0.4, 0.5) is 5.13 Å². The van der Waals surface area contributed by atoms with Crippen molar-refractivity contribution in [1.82, 2.24) is 10.2 Å². The van der Waals surface area contributed by atoms with Crippen LogP contribution in [0.25, 0.3) is 0 Å². The van der Waals surface area contributed by atoms with Gasteiger partial charge >= 0.3 is 0 Å². The van der Waals surface area contributed by atoms with Gasteiger partial charge in [-0.25, -0.2) is 0 Å². The van der Waals surface area contributed by atoms with Gasteiger partial charge in [0.05, 0.1) is 6.10 Å². The number of aliphatic hydroxyl groups is 1. The molecule has 4 aliphatic rings. The van der Waals surface area contributed by atoms with E-state index in [1.54, 1.807) is 23.1 Å². The Morgan fingerprint density at radius 3 is 2.38 bits per heavy atom. The standard InChI is InChI=1S/C15H23N3OS2/c1-16-13-17-18-14(21-13)20-8-12(19)15-5-9-2-10(6-15)4-11(3-9)7-15/h9-12,19H,2-8H2,1H3,(H,16,17)/t9?,10?,11?,12-,15?/m0/s1. The lowest BCUT2D eigenvalue weighted by molar-refractivity contribution is -0.112. The minimum atomic E-state index is -0.183. The van der Waals surface area contributed by atoms with Gasteiger partial charge in [0.15, 0.2) is 4.34 Å². The number of hydrogen-bond donors (Lipinski definition) is 2. The molecule has 5 rings (SSSR count). The molecule has 2 N–H and O–H groups in total. The summed E-state index contributed by atoms with van der Waals surface area (Å²) in [5.41, 5.74) is 0.221. The van der Waals surface area contributed by atoms with Crippen LogP contribution in [0.15, 0.2) is 4.34 Å². The van der Waals surface area contributed by atoms with Crippen molar-refractivity contribution in [3.05, 3.63) is 0 Å². The molecule has 0 radical (unpaired) electrons. The molecule has 21 heavy (non-hydrogen) atoms. The fourth-order valence-corrected chi connectivity index (χ4v) is 7.14. The summed E-state index contributed by atoms with van der Waals surface area (Å²) in [5, 5.41) is 22.9. The summed E-state index contributed by atoms with van der Waals surface area (Å²) in [5.74, 6) is 3.46. The SMILES string of the molecule is CNc1nnc(SC[C@H](O)C23CC4CC(CC(C4)C2)C3)s1. The quantitative estimate of drug-likeness (QED) is 0.814. The second-order valence-electron chi connectivity index (χ2n) is 7.23. The van der Waals surface area contributed by atoms with Gasteiger partial charge in [0.2, 0.25) is 5.13 Å². The lowest BCUT2D eigenvalue weighted by Crippen LogP contribution is -2.52. The molecule has 1 heterocycles. The number of aliphatic hydroxyl groups excluding tert-OH is 1. The van der Waals surface area contributed by atoms with E-state index < -0.39 is 0 Å². The van der Waals surface area contributed by atoms with E-state index in [-0.39, 0.29) is 11.5 Å². The van der Waals surface area contributed by atoms with Crippen molar-refractivity contribution in [3.63, 3.8) is 0 Å². The molecule has 0 aromatic carbocycles. The monoisotopic (exact) mass is 325 g/mol. The summed E-state index contributed by atoms with van der Waals surface area (Å²) in [6.45, 7) is 0. The van der Waals surface area contributed by atoms with Crippen molar-refractivity contribution in [2.24, 2.45) is 23.2 Å². The summed E-state index contributed by atoms with van der Waals surface area (Å²) in [4.78, 5) is 0. The first-order valence-electron chi connectivity index (χ1n) is 7.99. The first-order chi connectivity index (χ1) is 10.2. The fourth-order valence-electron chi connectivity index (χ4n) is 5.28. The molecule has 1 aromatic heterocycles. The third kappa shape index (κ3) is 2.59. The van der Waals surface area contributed by atoms with Crippen molar-refractivity contribution in [3.8, 4) is 0 Å². The number of aromatic nitrogens is 2. The Morgan fingerprint density at radius 2 is 1.86 bits per heavy atom. The highest BCUT2D eigenvalue weighted by atomic mass is 32.2. The molecule has 4 saturated carbocycles. The molecule has 1 atom stereocenters. The second-order valence-corrected chi connectivity index (χ2v) is 9.47. The largest absolute Gasteiger partial charge is 0.392 e. The summed E-state index contributed by atoms with van der Waals surface area (Å²) in [7, 11) is 1.86. The van der Waals surface area contributed by atoms with Gasteiger partial charge in [0.1, 0.15) is 0 Å². The first-order valence-corrected chi connectivity index (χ1v) is 9.79. The van der Waals surface area contributed by atoms with Crippen LogP contribution in [0.5, 0.6) is 0 Å². The second kappa shape index (κ2) is 5.39. The topological polar surface area (TPSA) is 58.0 Å². The Hall–Kier alpha value is -0.330. The molecule has 0 spiro atoms. The van der Waals surface area contributed by atoms with E-state index in [0.717, 1.165) is 33.0 Å². The van der Waals surface area contributed by atoms with Gasteiger partial charge in [-0.1, -0.05) is 23.1 Å². The van der Waals surface area contributed by atoms with Gasteiger partial charge in [-0.05, 0) is 61.7 Å². The number of nitrogens with one attached hydrogen (secondary N) is 1. The van der Waals surface area contributed by atoms with Gasteiger partial charge in [-0.2, -0.15) is 0 Å². The smallest absolute Gasteiger partial charge is 0.206 e. The number of nitrogens with zero attached hydrogens (tertiary/aromatic N) is 2. The van der Waals surface area contributed by atoms with Crippen LogP contribution in [0.2, 0.25) is 0 Å². The van der Waals surface area contributed by atoms with Crippen molar-refractivity contribution < 1.29 is 5.11 Å². The van der Waals surface area contributed by atoms with E-state index in [1.807, 2.05) is 7.05 Å². The van der Waals surface area contributed by atoms with Gasteiger partial charge in [0.25, 0.3) is 0 Å². The Balaban J connectivity index is 1.41. The zero-order valence-electron chi connectivity index (χ0n) is 12.4. The molecular formula is C15H23N3OS2. The molecule has 1 aromatic rings. The highest BCUT2D eigenvalue weighted by Crippen LogP contribution is 2.61. The first kappa shape index (κ1) is 14.3. The summed E-state index contributed by atoms with van der Waals surface area (Å²) in [6, 6.07) is 0. The average Bonchev–Trinajstić information content (AvgIpc) is 2.91. The zero-order valence-corrected chi connectivity index (χ0v) is 14.1. The van der Waals surface area contributed by atoms with Crippen molar-refractivity contribution in [2.75, 3.05) is 18.1 Å². The van der Waals surface area contributed by atoms with Crippen LogP contribution < -0.4 is 5.32 Å². The van der Waals surface area contributed by atoms with E-state index in [4.69, 9.17) is 0 Å². The number of rotatable bonds is 5. The normalized spacial score (nSPS) is 38.7. The molecule has 4 fully saturated rings. The fraction of sp³-hybridized carbons (Fsp3) is 0.867. The van der Waals surface area contributed by atoms with Crippen LogP contribution in [-0.4, -0.2) is 34.2 Å². The molecule has 4 bridgehead atoms. The molecule has 0 saturated heterocycles. The Bertz CT molecular complexity index is 483. The van der Waals surface area contributed by atoms with Crippen LogP contribution >= 0.6 is 23.1 Å². The van der Waals surface area contributed by atoms with Crippen LogP contribution in [0.3, 0.4) is 0 Å². The Kier molecular flexibility index (Phi) is 3.66. The summed E-state index contributed by atoms with van der Waals surface area (Å²) < 4.78 is 0.961. The highest BCUT2D eigenvalue weighted by molar-refractivity contribution is 8.01. The van der Waals surface area contributed by atoms with E-state index >= 15 is 0 Å². The molecule has 4 nitrogen and oxygen atoms in total. The maximum atomic E-state index is 10.9. The minimum Gasteiger partial charge on any atom is -0.392 e. The summed E-state index contributed by atoms with van der Waals surface area (Å²) >= 11 is 3.24. The van der Waals surface area contributed by atoms with Crippen LogP contribution in [-0.2, 0) is 0 Å². The number of thioether (sulfide) groups is 1. The third-order valence-electron chi connectivity index (χ3n) is 5.78. The predicted octanol–water partition coefficient (Wildman–Crippen LogP) is 3.25. The predicted molar refractivity (Wildman–Crippen MR) is 86.8 cm³/mol. The zero-order chi connectivity index (χ0) is 14.4. The molecular weight excluding hydrogens is 302 g/mol.